The number of piperidine rings is 1. The number of pyridine rings is 1. The molecule has 1 atom stereocenters. The molecule has 1 N–H and O–H groups in total. The fourth-order valence-corrected chi connectivity index (χ4v) is 4.60. The van der Waals surface area contributed by atoms with Crippen molar-refractivity contribution >= 4 is 16.9 Å². The Bertz CT molecular complexity index is 918. The lowest BCUT2D eigenvalue weighted by Gasteiger charge is -2.43. The molecule has 0 radical (unpaired) electrons. The molecular formula is C23H37N5O2. The largest absolute Gasteiger partial charge is 0.479 e. The summed E-state index contributed by atoms with van der Waals surface area (Å²) < 4.78 is 7.18. The van der Waals surface area contributed by atoms with Crippen LogP contribution in [0, 0.1) is 19.8 Å². The van der Waals surface area contributed by atoms with Crippen LogP contribution in [0.15, 0.2) is 0 Å². The molecule has 7 heteroatoms. The van der Waals surface area contributed by atoms with Crippen molar-refractivity contribution < 1.29 is 9.53 Å². The Morgan fingerprint density at radius 1 is 1.33 bits per heavy atom. The molecule has 2 aromatic heterocycles. The average Bonchev–Trinajstić information content (AvgIpc) is 3.02. The van der Waals surface area contributed by atoms with Gasteiger partial charge in [-0.2, -0.15) is 0 Å². The molecule has 0 spiro atoms. The van der Waals surface area contributed by atoms with Crippen LogP contribution in [0.3, 0.4) is 0 Å². The predicted molar refractivity (Wildman–Crippen MR) is 120 cm³/mol. The molecule has 1 amide bonds. The summed E-state index contributed by atoms with van der Waals surface area (Å²) in [5.74, 6) is 1.40. The van der Waals surface area contributed by atoms with Crippen molar-refractivity contribution in [3.63, 3.8) is 0 Å². The second-order valence-electron chi connectivity index (χ2n) is 9.41. The Morgan fingerprint density at radius 2 is 2.07 bits per heavy atom. The van der Waals surface area contributed by atoms with Crippen LogP contribution in [0.25, 0.3) is 11.0 Å². The van der Waals surface area contributed by atoms with Gasteiger partial charge in [0.1, 0.15) is 0 Å². The Balaban J connectivity index is 1.64. The van der Waals surface area contributed by atoms with Crippen molar-refractivity contribution in [2.24, 2.45) is 13.0 Å². The van der Waals surface area contributed by atoms with Gasteiger partial charge in [0.15, 0.2) is 5.65 Å². The summed E-state index contributed by atoms with van der Waals surface area (Å²) in [5, 5.41) is 8.50. The van der Waals surface area contributed by atoms with Crippen molar-refractivity contribution in [3.05, 3.63) is 16.8 Å². The van der Waals surface area contributed by atoms with Crippen LogP contribution < -0.4 is 10.1 Å². The molecule has 3 heterocycles. The third-order valence-electron chi connectivity index (χ3n) is 6.55. The highest BCUT2D eigenvalue weighted by Crippen LogP contribution is 2.30. The van der Waals surface area contributed by atoms with Crippen LogP contribution in [-0.2, 0) is 18.3 Å². The minimum absolute atomic E-state index is 0.0281. The molecule has 0 aromatic carbocycles. The number of amides is 1. The van der Waals surface area contributed by atoms with E-state index in [1.807, 2.05) is 14.0 Å². The maximum Gasteiger partial charge on any atom is 0.242 e. The van der Waals surface area contributed by atoms with Crippen LogP contribution in [0.4, 0.5) is 0 Å². The smallest absolute Gasteiger partial charge is 0.242 e. The highest BCUT2D eigenvalue weighted by Gasteiger charge is 2.30. The summed E-state index contributed by atoms with van der Waals surface area (Å²) in [4.78, 5) is 19.9. The van der Waals surface area contributed by atoms with Crippen molar-refractivity contribution in [3.8, 4) is 5.88 Å². The summed E-state index contributed by atoms with van der Waals surface area (Å²) >= 11 is 0. The number of aryl methyl sites for hydroxylation is 3. The van der Waals surface area contributed by atoms with E-state index in [4.69, 9.17) is 9.72 Å². The molecule has 0 saturated carbocycles. The molecule has 0 aliphatic carbocycles. The molecule has 1 unspecified atom stereocenters. The Labute approximate surface area is 180 Å². The van der Waals surface area contributed by atoms with Gasteiger partial charge in [0, 0.05) is 37.8 Å². The zero-order chi connectivity index (χ0) is 22.1. The number of likely N-dealkylation sites (tertiary alicyclic amines) is 1. The third kappa shape index (κ3) is 4.61. The number of nitrogens with one attached hydrogen (secondary N) is 1. The average molecular weight is 416 g/mol. The topological polar surface area (TPSA) is 72.3 Å². The minimum atomic E-state index is -0.0281. The van der Waals surface area contributed by atoms with Gasteiger partial charge in [-0.25, -0.2) is 9.67 Å². The lowest BCUT2D eigenvalue weighted by atomic mass is 9.93. The Hall–Kier alpha value is -2.15. The maximum absolute atomic E-state index is 12.6. The van der Waals surface area contributed by atoms with Crippen LogP contribution >= 0.6 is 0 Å². The molecule has 1 aliphatic rings. The normalized spacial score (nSPS) is 18.0. The number of ether oxygens (including phenoxy) is 1. The zero-order valence-corrected chi connectivity index (χ0v) is 19.6. The van der Waals surface area contributed by atoms with Gasteiger partial charge in [-0.3, -0.25) is 9.69 Å². The number of carbonyl (C=O) groups excluding carboxylic acids is 1. The Kier molecular flexibility index (Phi) is 6.70. The number of methoxy groups -OCH3 is 1. The van der Waals surface area contributed by atoms with Gasteiger partial charge in [-0.05, 0) is 70.5 Å². The van der Waals surface area contributed by atoms with Gasteiger partial charge in [0.2, 0.25) is 11.8 Å². The highest BCUT2D eigenvalue weighted by atomic mass is 16.5. The molecule has 7 nitrogen and oxygen atoms in total. The SMILES string of the molecule is COc1nn(C)c2nc(C)c(CCC(=O)NCC(C)(C)N3CCCC(C)C3)c(C)c12. The van der Waals surface area contributed by atoms with E-state index in [1.165, 1.54) is 12.8 Å². The monoisotopic (exact) mass is 415 g/mol. The van der Waals surface area contributed by atoms with Crippen LogP contribution in [0.1, 0.15) is 56.9 Å². The fraction of sp³-hybridized carbons (Fsp3) is 0.696. The number of aromatic nitrogens is 3. The van der Waals surface area contributed by atoms with E-state index in [-0.39, 0.29) is 11.4 Å². The van der Waals surface area contributed by atoms with Crippen molar-refractivity contribution in [2.75, 3.05) is 26.7 Å². The van der Waals surface area contributed by atoms with E-state index in [9.17, 15) is 4.79 Å². The number of hydrogen-bond acceptors (Lipinski definition) is 5. The van der Waals surface area contributed by atoms with Gasteiger partial charge in [-0.1, -0.05) is 6.92 Å². The first-order valence-electron chi connectivity index (χ1n) is 11.0. The lowest BCUT2D eigenvalue weighted by Crippen LogP contribution is -2.54. The summed E-state index contributed by atoms with van der Waals surface area (Å²) in [6, 6.07) is 0. The number of carbonyl (C=O) groups is 1. The van der Waals surface area contributed by atoms with E-state index in [0.29, 0.717) is 25.3 Å². The van der Waals surface area contributed by atoms with E-state index in [0.717, 1.165) is 46.9 Å². The minimum Gasteiger partial charge on any atom is -0.479 e. The first kappa shape index (κ1) is 22.5. The van der Waals surface area contributed by atoms with Crippen molar-refractivity contribution in [1.29, 1.82) is 0 Å². The Morgan fingerprint density at radius 3 is 2.73 bits per heavy atom. The van der Waals surface area contributed by atoms with E-state index in [2.05, 4.69) is 43.0 Å². The summed E-state index contributed by atoms with van der Waals surface area (Å²) in [5.41, 5.74) is 3.93. The standard InChI is InChI=1S/C23H37N5O2/c1-15-9-8-12-28(13-15)23(4,5)14-24-19(29)11-10-18-16(2)20-21(25-17(18)3)27(6)26-22(20)30-7/h15H,8-14H2,1-7H3,(H,24,29). The second kappa shape index (κ2) is 8.92. The van der Waals surface area contributed by atoms with E-state index >= 15 is 0 Å². The first-order chi connectivity index (χ1) is 14.1. The molecule has 1 saturated heterocycles. The quantitative estimate of drug-likeness (QED) is 0.752. The second-order valence-corrected chi connectivity index (χ2v) is 9.41. The number of fused-ring (bicyclic) bond motifs is 1. The third-order valence-corrected chi connectivity index (χ3v) is 6.55. The fourth-order valence-electron chi connectivity index (χ4n) is 4.60. The molecule has 1 fully saturated rings. The molecule has 3 rings (SSSR count). The van der Waals surface area contributed by atoms with Crippen LogP contribution in [0.5, 0.6) is 5.88 Å². The number of rotatable bonds is 7. The zero-order valence-electron chi connectivity index (χ0n) is 19.6. The summed E-state index contributed by atoms with van der Waals surface area (Å²) in [6.07, 6.45) is 3.65. The lowest BCUT2D eigenvalue weighted by molar-refractivity contribution is -0.121. The summed E-state index contributed by atoms with van der Waals surface area (Å²) in [7, 11) is 3.49. The van der Waals surface area contributed by atoms with Gasteiger partial charge in [0.05, 0.1) is 12.5 Å². The molecule has 0 bridgehead atoms. The molecule has 1 aliphatic heterocycles. The van der Waals surface area contributed by atoms with Crippen molar-refractivity contribution in [2.45, 2.75) is 65.8 Å². The first-order valence-corrected chi connectivity index (χ1v) is 11.0. The molecular weight excluding hydrogens is 378 g/mol. The van der Waals surface area contributed by atoms with E-state index in [1.54, 1.807) is 11.8 Å². The maximum atomic E-state index is 12.6. The number of nitrogens with zero attached hydrogens (tertiary/aromatic N) is 4. The van der Waals surface area contributed by atoms with Gasteiger partial charge in [-0.15, -0.1) is 5.10 Å². The van der Waals surface area contributed by atoms with Gasteiger partial charge < -0.3 is 10.1 Å². The highest BCUT2D eigenvalue weighted by molar-refractivity contribution is 5.86. The van der Waals surface area contributed by atoms with Gasteiger partial charge >= 0.3 is 0 Å². The number of hydrogen-bond donors (Lipinski definition) is 1. The van der Waals surface area contributed by atoms with Crippen LogP contribution in [0.2, 0.25) is 0 Å². The van der Waals surface area contributed by atoms with Crippen molar-refractivity contribution in [1.82, 2.24) is 25.0 Å². The summed E-state index contributed by atoms with van der Waals surface area (Å²) in [6.45, 7) is 13.7. The molecule has 30 heavy (non-hydrogen) atoms. The molecule has 2 aromatic rings. The predicted octanol–water partition coefficient (Wildman–Crippen LogP) is 3.15. The molecule has 166 valence electrons. The van der Waals surface area contributed by atoms with Crippen LogP contribution in [-0.4, -0.2) is 57.9 Å². The van der Waals surface area contributed by atoms with E-state index < -0.39 is 0 Å². The van der Waals surface area contributed by atoms with Gasteiger partial charge in [0.25, 0.3) is 0 Å².